The van der Waals surface area contributed by atoms with Gasteiger partial charge in [-0.3, -0.25) is 4.79 Å². The van der Waals surface area contributed by atoms with Crippen molar-refractivity contribution in [3.05, 3.63) is 22.7 Å². The molecule has 0 spiro atoms. The Labute approximate surface area is 120 Å². The van der Waals surface area contributed by atoms with Crippen LogP contribution < -0.4 is 5.32 Å². The molecular formula is C14H22ClN3O. The summed E-state index contributed by atoms with van der Waals surface area (Å²) in [5, 5.41) is 3.14. The number of carbonyl (C=O) groups is 1. The molecule has 0 unspecified atom stereocenters. The van der Waals surface area contributed by atoms with Crippen LogP contribution in [0.5, 0.6) is 0 Å². The van der Waals surface area contributed by atoms with Crippen molar-refractivity contribution in [1.82, 2.24) is 15.3 Å². The van der Waals surface area contributed by atoms with Crippen LogP contribution in [-0.2, 0) is 0 Å². The van der Waals surface area contributed by atoms with Crippen molar-refractivity contribution < 1.29 is 4.79 Å². The van der Waals surface area contributed by atoms with Gasteiger partial charge in [-0.05, 0) is 11.8 Å². The fourth-order valence-corrected chi connectivity index (χ4v) is 1.63. The topological polar surface area (TPSA) is 54.9 Å². The molecule has 1 aromatic heterocycles. The van der Waals surface area contributed by atoms with Gasteiger partial charge in [0.25, 0.3) is 5.91 Å². The molecule has 0 saturated heterocycles. The molecule has 19 heavy (non-hydrogen) atoms. The summed E-state index contributed by atoms with van der Waals surface area (Å²) in [7, 11) is 0. The third-order valence-electron chi connectivity index (χ3n) is 2.65. The van der Waals surface area contributed by atoms with Gasteiger partial charge in [-0.1, -0.05) is 46.2 Å². The number of amides is 1. The number of nitrogens with zero attached hydrogens (tertiary/aromatic N) is 2. The first kappa shape index (κ1) is 15.9. The minimum Gasteiger partial charge on any atom is -0.351 e. The Morgan fingerprint density at radius 2 is 2.05 bits per heavy atom. The molecule has 1 aromatic rings. The standard InChI is InChI=1S/C14H22ClN3O/c1-9(2)12-17-8-10(15)11(18-12)13(19)16-7-6-14(3,4)5/h8-9H,6-7H2,1-5H3,(H,16,19). The highest BCUT2D eigenvalue weighted by Gasteiger charge is 2.16. The molecule has 1 amide bonds. The minimum absolute atomic E-state index is 0.165. The van der Waals surface area contributed by atoms with Gasteiger partial charge >= 0.3 is 0 Å². The summed E-state index contributed by atoms with van der Waals surface area (Å²) >= 11 is 5.98. The maximum Gasteiger partial charge on any atom is 0.271 e. The third kappa shape index (κ3) is 5.15. The van der Waals surface area contributed by atoms with E-state index in [2.05, 4.69) is 36.1 Å². The molecule has 0 aliphatic heterocycles. The van der Waals surface area contributed by atoms with E-state index in [1.165, 1.54) is 6.20 Å². The van der Waals surface area contributed by atoms with Gasteiger partial charge in [0, 0.05) is 12.5 Å². The predicted octanol–water partition coefficient (Wildman–Crippen LogP) is 3.42. The van der Waals surface area contributed by atoms with E-state index in [0.29, 0.717) is 12.4 Å². The highest BCUT2D eigenvalue weighted by Crippen LogP contribution is 2.18. The second-order valence-electron chi connectivity index (χ2n) is 6.15. The average Bonchev–Trinajstić information content (AvgIpc) is 2.27. The summed E-state index contributed by atoms with van der Waals surface area (Å²) in [6.45, 7) is 11.0. The van der Waals surface area contributed by atoms with Crippen molar-refractivity contribution in [3.8, 4) is 0 Å². The van der Waals surface area contributed by atoms with Gasteiger partial charge in [0.1, 0.15) is 11.5 Å². The van der Waals surface area contributed by atoms with Crippen LogP contribution in [0.3, 0.4) is 0 Å². The largest absolute Gasteiger partial charge is 0.351 e. The SMILES string of the molecule is CC(C)c1ncc(Cl)c(C(=O)NCCC(C)(C)C)n1. The smallest absolute Gasteiger partial charge is 0.271 e. The Hall–Kier alpha value is -1.16. The fourth-order valence-electron chi connectivity index (χ4n) is 1.45. The van der Waals surface area contributed by atoms with Gasteiger partial charge in [0.15, 0.2) is 0 Å². The molecular weight excluding hydrogens is 262 g/mol. The first-order valence-corrected chi connectivity index (χ1v) is 6.89. The van der Waals surface area contributed by atoms with E-state index in [1.807, 2.05) is 13.8 Å². The zero-order valence-electron chi connectivity index (χ0n) is 12.2. The van der Waals surface area contributed by atoms with Crippen molar-refractivity contribution in [3.63, 3.8) is 0 Å². The summed E-state index contributed by atoms with van der Waals surface area (Å²) in [6, 6.07) is 0. The van der Waals surface area contributed by atoms with Gasteiger partial charge in [-0.2, -0.15) is 0 Å². The molecule has 0 radical (unpaired) electrons. The zero-order chi connectivity index (χ0) is 14.6. The summed E-state index contributed by atoms with van der Waals surface area (Å²) in [4.78, 5) is 20.4. The summed E-state index contributed by atoms with van der Waals surface area (Å²) in [5.74, 6) is 0.558. The normalized spacial score (nSPS) is 11.7. The van der Waals surface area contributed by atoms with Crippen molar-refractivity contribution in [2.75, 3.05) is 6.54 Å². The van der Waals surface area contributed by atoms with Gasteiger partial charge < -0.3 is 5.32 Å². The number of hydrogen-bond acceptors (Lipinski definition) is 3. The maximum atomic E-state index is 12.0. The lowest BCUT2D eigenvalue weighted by Crippen LogP contribution is -2.28. The predicted molar refractivity (Wildman–Crippen MR) is 77.5 cm³/mol. The van der Waals surface area contributed by atoms with E-state index in [0.717, 1.165) is 6.42 Å². The molecule has 0 bridgehead atoms. The highest BCUT2D eigenvalue weighted by molar-refractivity contribution is 6.33. The number of rotatable bonds is 4. The van der Waals surface area contributed by atoms with Crippen LogP contribution in [0.2, 0.25) is 5.02 Å². The summed E-state index contributed by atoms with van der Waals surface area (Å²) in [6.07, 6.45) is 2.39. The Bertz CT molecular complexity index is 452. The van der Waals surface area contributed by atoms with Crippen LogP contribution in [0.1, 0.15) is 63.3 Å². The molecule has 0 aliphatic carbocycles. The van der Waals surface area contributed by atoms with Gasteiger partial charge in [-0.15, -0.1) is 0 Å². The third-order valence-corrected chi connectivity index (χ3v) is 2.93. The lowest BCUT2D eigenvalue weighted by Gasteiger charge is -2.18. The molecule has 106 valence electrons. The van der Waals surface area contributed by atoms with Crippen molar-refractivity contribution in [2.45, 2.75) is 47.0 Å². The first-order valence-electron chi connectivity index (χ1n) is 6.51. The van der Waals surface area contributed by atoms with E-state index < -0.39 is 0 Å². The molecule has 1 rings (SSSR count). The Balaban J connectivity index is 2.74. The maximum absolute atomic E-state index is 12.0. The van der Waals surface area contributed by atoms with E-state index in [9.17, 15) is 4.79 Å². The molecule has 1 heterocycles. The van der Waals surface area contributed by atoms with Crippen LogP contribution in [0.15, 0.2) is 6.20 Å². The summed E-state index contributed by atoms with van der Waals surface area (Å²) < 4.78 is 0. The van der Waals surface area contributed by atoms with E-state index in [-0.39, 0.29) is 28.0 Å². The molecule has 5 heteroatoms. The highest BCUT2D eigenvalue weighted by atomic mass is 35.5. The number of halogens is 1. The second kappa shape index (κ2) is 6.33. The molecule has 0 saturated carbocycles. The molecule has 0 atom stereocenters. The van der Waals surface area contributed by atoms with Gasteiger partial charge in [0.05, 0.1) is 11.2 Å². The molecule has 1 N–H and O–H groups in total. The number of nitrogens with one attached hydrogen (secondary N) is 1. The molecule has 0 aromatic carbocycles. The first-order chi connectivity index (χ1) is 8.70. The molecule has 4 nitrogen and oxygen atoms in total. The Morgan fingerprint density at radius 3 is 2.58 bits per heavy atom. The van der Waals surface area contributed by atoms with Crippen LogP contribution >= 0.6 is 11.6 Å². The van der Waals surface area contributed by atoms with Gasteiger partial charge in [-0.25, -0.2) is 9.97 Å². The van der Waals surface area contributed by atoms with E-state index >= 15 is 0 Å². The second-order valence-corrected chi connectivity index (χ2v) is 6.55. The molecule has 0 fully saturated rings. The van der Waals surface area contributed by atoms with Crippen LogP contribution in [0.25, 0.3) is 0 Å². The van der Waals surface area contributed by atoms with Crippen molar-refractivity contribution >= 4 is 17.5 Å². The fraction of sp³-hybridized carbons (Fsp3) is 0.643. The zero-order valence-corrected chi connectivity index (χ0v) is 13.0. The summed E-state index contributed by atoms with van der Waals surface area (Å²) in [5.41, 5.74) is 0.445. The average molecular weight is 284 g/mol. The lowest BCUT2D eigenvalue weighted by molar-refractivity contribution is 0.0944. The minimum atomic E-state index is -0.237. The Kier molecular flexibility index (Phi) is 5.29. The van der Waals surface area contributed by atoms with E-state index in [4.69, 9.17) is 11.6 Å². The number of hydrogen-bond donors (Lipinski definition) is 1. The quantitative estimate of drug-likeness (QED) is 0.921. The lowest BCUT2D eigenvalue weighted by atomic mass is 9.92. The van der Waals surface area contributed by atoms with Crippen LogP contribution in [0, 0.1) is 5.41 Å². The van der Waals surface area contributed by atoms with Crippen molar-refractivity contribution in [1.29, 1.82) is 0 Å². The number of carbonyl (C=O) groups excluding carboxylic acids is 1. The number of aromatic nitrogens is 2. The van der Waals surface area contributed by atoms with Crippen LogP contribution in [0.4, 0.5) is 0 Å². The Morgan fingerprint density at radius 1 is 1.42 bits per heavy atom. The molecule has 0 aliphatic rings. The van der Waals surface area contributed by atoms with Crippen molar-refractivity contribution in [2.24, 2.45) is 5.41 Å². The van der Waals surface area contributed by atoms with E-state index in [1.54, 1.807) is 0 Å². The van der Waals surface area contributed by atoms with Crippen LogP contribution in [-0.4, -0.2) is 22.4 Å². The monoisotopic (exact) mass is 283 g/mol. The van der Waals surface area contributed by atoms with Gasteiger partial charge in [0.2, 0.25) is 0 Å².